The lowest BCUT2D eigenvalue weighted by Crippen LogP contribution is -2.23. The van der Waals surface area contributed by atoms with Crippen molar-refractivity contribution in [2.75, 3.05) is 0 Å². The molecule has 4 rings (SSSR count). The number of pyridine rings is 1. The molecule has 136 valence electrons. The number of hydrogen-bond acceptors (Lipinski definition) is 6. The van der Waals surface area contributed by atoms with Crippen molar-refractivity contribution in [1.82, 2.24) is 30.0 Å². The molecule has 27 heavy (non-hydrogen) atoms. The molecule has 3 aromatic heterocycles. The second-order valence-corrected chi connectivity index (χ2v) is 5.72. The number of rotatable bonds is 4. The van der Waals surface area contributed by atoms with E-state index in [1.54, 1.807) is 24.0 Å². The predicted molar refractivity (Wildman–Crippen MR) is 89.3 cm³/mol. The zero-order chi connectivity index (χ0) is 19.0. The van der Waals surface area contributed by atoms with Crippen LogP contribution in [0.25, 0.3) is 22.6 Å². The van der Waals surface area contributed by atoms with E-state index < -0.39 is 23.1 Å². The maximum atomic E-state index is 13.8. The summed E-state index contributed by atoms with van der Waals surface area (Å²) in [6.07, 6.45) is 3.03. The van der Waals surface area contributed by atoms with Gasteiger partial charge in [0, 0.05) is 13.2 Å². The Morgan fingerprint density at radius 2 is 2.04 bits per heavy atom. The topological polar surface area (TPSA) is 98.7 Å². The summed E-state index contributed by atoms with van der Waals surface area (Å²) in [5.41, 5.74) is 1.14. The van der Waals surface area contributed by atoms with Gasteiger partial charge >= 0.3 is 0 Å². The number of hydrogen-bond donors (Lipinski definition) is 1. The molecule has 0 bridgehead atoms. The Hall–Kier alpha value is -3.69. The Morgan fingerprint density at radius 1 is 1.26 bits per heavy atom. The molecule has 0 unspecified atom stereocenters. The van der Waals surface area contributed by atoms with E-state index in [9.17, 15) is 13.6 Å². The fourth-order valence-corrected chi connectivity index (χ4v) is 2.53. The first-order valence-corrected chi connectivity index (χ1v) is 7.85. The van der Waals surface area contributed by atoms with Gasteiger partial charge in [0.05, 0.1) is 18.4 Å². The average Bonchev–Trinajstić information content (AvgIpc) is 3.26. The molecule has 10 heteroatoms. The van der Waals surface area contributed by atoms with Crippen molar-refractivity contribution >= 4 is 17.1 Å². The van der Waals surface area contributed by atoms with Gasteiger partial charge in [-0.05, 0) is 18.2 Å². The van der Waals surface area contributed by atoms with E-state index in [-0.39, 0.29) is 18.3 Å². The Morgan fingerprint density at radius 3 is 2.81 bits per heavy atom. The molecule has 0 spiro atoms. The highest BCUT2D eigenvalue weighted by atomic mass is 19.1. The third-order valence-electron chi connectivity index (χ3n) is 3.87. The van der Waals surface area contributed by atoms with Crippen molar-refractivity contribution in [1.29, 1.82) is 0 Å². The summed E-state index contributed by atoms with van der Waals surface area (Å²) in [7, 11) is 1.80. The number of aryl methyl sites for hydroxylation is 1. The molecule has 8 nitrogen and oxygen atoms in total. The number of nitrogens with one attached hydrogen (secondary N) is 1. The van der Waals surface area contributed by atoms with Crippen LogP contribution in [-0.4, -0.2) is 30.6 Å². The number of nitrogens with zero attached hydrogens (tertiary/aromatic N) is 5. The van der Waals surface area contributed by atoms with Gasteiger partial charge in [-0.15, -0.1) is 0 Å². The summed E-state index contributed by atoms with van der Waals surface area (Å²) >= 11 is 0. The average molecular weight is 370 g/mol. The summed E-state index contributed by atoms with van der Waals surface area (Å²) < 4.78 is 34.1. The number of aromatic nitrogens is 5. The molecule has 3 heterocycles. The fourth-order valence-electron chi connectivity index (χ4n) is 2.53. The van der Waals surface area contributed by atoms with Gasteiger partial charge in [-0.1, -0.05) is 11.2 Å². The van der Waals surface area contributed by atoms with Crippen molar-refractivity contribution in [2.24, 2.45) is 7.05 Å². The second kappa shape index (κ2) is 6.56. The van der Waals surface area contributed by atoms with Crippen LogP contribution in [0.2, 0.25) is 0 Å². The molecule has 0 radical (unpaired) electrons. The Kier molecular flexibility index (Phi) is 4.07. The maximum absolute atomic E-state index is 13.8. The summed E-state index contributed by atoms with van der Waals surface area (Å²) in [6, 6.07) is 5.02. The minimum atomic E-state index is -0.816. The molecule has 1 amide bonds. The number of carbonyl (C=O) groups is 1. The lowest BCUT2D eigenvalue weighted by molar-refractivity contribution is 0.0949. The smallest absolute Gasteiger partial charge is 0.263 e. The van der Waals surface area contributed by atoms with Crippen LogP contribution in [0, 0.1) is 11.6 Å². The fraction of sp³-hybridized carbons (Fsp3) is 0.118. The van der Waals surface area contributed by atoms with Gasteiger partial charge < -0.3 is 14.4 Å². The van der Waals surface area contributed by atoms with Gasteiger partial charge in [0.15, 0.2) is 11.5 Å². The summed E-state index contributed by atoms with van der Waals surface area (Å²) in [6.45, 7) is -0.0847. The quantitative estimate of drug-likeness (QED) is 0.591. The van der Waals surface area contributed by atoms with E-state index in [1.807, 2.05) is 0 Å². The predicted octanol–water partition coefficient (Wildman–Crippen LogP) is 2.23. The molecule has 0 aliphatic heterocycles. The number of benzene rings is 1. The molecular formula is C17H12F2N6O2. The van der Waals surface area contributed by atoms with Crippen LogP contribution in [-0.2, 0) is 13.6 Å². The van der Waals surface area contributed by atoms with E-state index in [4.69, 9.17) is 4.52 Å². The standard InChI is InChI=1S/C17H12F2N6O2/c1-25-8-22-12-5-9(6-20-15(12)25)16(26)21-7-13-23-17(27-24-13)14-10(18)3-2-4-11(14)19/h2-6,8H,7H2,1H3,(H,21,26). The van der Waals surface area contributed by atoms with E-state index >= 15 is 0 Å². The SMILES string of the molecule is Cn1cnc2cc(C(=O)NCc3noc(-c4c(F)cccc4F)n3)cnc21. The summed E-state index contributed by atoms with van der Waals surface area (Å²) in [5.74, 6) is -2.27. The van der Waals surface area contributed by atoms with Gasteiger partial charge in [0.25, 0.3) is 11.8 Å². The molecule has 0 saturated heterocycles. The highest BCUT2D eigenvalue weighted by Gasteiger charge is 2.18. The highest BCUT2D eigenvalue weighted by molar-refractivity contribution is 5.96. The molecule has 0 saturated carbocycles. The van der Waals surface area contributed by atoms with Gasteiger partial charge in [0.1, 0.15) is 22.7 Å². The van der Waals surface area contributed by atoms with Crippen molar-refractivity contribution in [3.8, 4) is 11.5 Å². The van der Waals surface area contributed by atoms with Crippen molar-refractivity contribution in [3.05, 3.63) is 59.8 Å². The van der Waals surface area contributed by atoms with Gasteiger partial charge in [-0.25, -0.2) is 18.7 Å². The molecule has 0 aliphatic carbocycles. The summed E-state index contributed by atoms with van der Waals surface area (Å²) in [4.78, 5) is 24.5. The zero-order valence-electron chi connectivity index (χ0n) is 14.0. The Bertz CT molecular complexity index is 1130. The minimum absolute atomic E-state index is 0.0767. The normalized spacial score (nSPS) is 11.1. The molecule has 1 aromatic carbocycles. The first kappa shape index (κ1) is 16.8. The Balaban J connectivity index is 1.48. The van der Waals surface area contributed by atoms with Gasteiger partial charge in [-0.3, -0.25) is 4.79 Å². The van der Waals surface area contributed by atoms with Crippen LogP contribution in [0.5, 0.6) is 0 Å². The third kappa shape index (κ3) is 3.12. The van der Waals surface area contributed by atoms with Crippen LogP contribution in [0.1, 0.15) is 16.2 Å². The third-order valence-corrected chi connectivity index (χ3v) is 3.87. The first-order chi connectivity index (χ1) is 13.0. The maximum Gasteiger partial charge on any atom is 0.263 e. The van der Waals surface area contributed by atoms with Crippen LogP contribution < -0.4 is 5.32 Å². The van der Waals surface area contributed by atoms with Crippen LogP contribution >= 0.6 is 0 Å². The summed E-state index contributed by atoms with van der Waals surface area (Å²) in [5, 5.41) is 6.22. The molecule has 0 fully saturated rings. The molecular weight excluding hydrogens is 358 g/mol. The first-order valence-electron chi connectivity index (χ1n) is 7.85. The van der Waals surface area contributed by atoms with Crippen LogP contribution in [0.15, 0.2) is 41.3 Å². The number of halogens is 2. The molecule has 1 N–H and O–H groups in total. The lowest BCUT2D eigenvalue weighted by atomic mass is 10.2. The number of fused-ring (bicyclic) bond motifs is 1. The highest BCUT2D eigenvalue weighted by Crippen LogP contribution is 2.24. The molecule has 0 aliphatic rings. The van der Waals surface area contributed by atoms with Crippen molar-refractivity contribution in [3.63, 3.8) is 0 Å². The lowest BCUT2D eigenvalue weighted by Gasteiger charge is -2.02. The van der Waals surface area contributed by atoms with E-state index in [0.717, 1.165) is 12.1 Å². The molecule has 4 aromatic rings. The van der Waals surface area contributed by atoms with Crippen LogP contribution in [0.4, 0.5) is 8.78 Å². The zero-order valence-corrected chi connectivity index (χ0v) is 14.0. The minimum Gasteiger partial charge on any atom is -0.345 e. The van der Waals surface area contributed by atoms with Crippen molar-refractivity contribution in [2.45, 2.75) is 6.54 Å². The number of amides is 1. The van der Waals surface area contributed by atoms with Crippen molar-refractivity contribution < 1.29 is 18.1 Å². The van der Waals surface area contributed by atoms with E-state index in [2.05, 4.69) is 25.4 Å². The molecule has 0 atom stereocenters. The van der Waals surface area contributed by atoms with Gasteiger partial charge in [-0.2, -0.15) is 4.98 Å². The van der Waals surface area contributed by atoms with Gasteiger partial charge in [0.2, 0.25) is 0 Å². The largest absolute Gasteiger partial charge is 0.345 e. The number of imidazole rings is 1. The number of carbonyl (C=O) groups excluding carboxylic acids is 1. The monoisotopic (exact) mass is 370 g/mol. The van der Waals surface area contributed by atoms with Crippen LogP contribution in [0.3, 0.4) is 0 Å². The van der Waals surface area contributed by atoms with E-state index in [1.165, 1.54) is 12.3 Å². The second-order valence-electron chi connectivity index (χ2n) is 5.72. The van der Waals surface area contributed by atoms with E-state index in [0.29, 0.717) is 16.7 Å². The Labute approximate surface area is 150 Å².